The van der Waals surface area contributed by atoms with Crippen LogP contribution in [0.25, 0.3) is 10.9 Å². The van der Waals surface area contributed by atoms with E-state index in [0.717, 1.165) is 12.8 Å². The highest BCUT2D eigenvalue weighted by Crippen LogP contribution is 2.34. The lowest BCUT2D eigenvalue weighted by atomic mass is 10.1. The minimum atomic E-state index is -0.253. The van der Waals surface area contributed by atoms with Crippen LogP contribution in [-0.4, -0.2) is 28.3 Å². The van der Waals surface area contributed by atoms with Gasteiger partial charge in [0.2, 0.25) is 12.7 Å². The van der Waals surface area contributed by atoms with Gasteiger partial charge in [0.25, 0.3) is 5.56 Å². The van der Waals surface area contributed by atoms with Crippen LogP contribution in [0.5, 0.6) is 11.5 Å². The summed E-state index contributed by atoms with van der Waals surface area (Å²) in [5, 5.41) is 3.44. The normalized spacial score (nSPS) is 13.4. The number of ether oxygens (including phenoxy) is 2. The van der Waals surface area contributed by atoms with Gasteiger partial charge in [-0.25, -0.2) is 0 Å². The van der Waals surface area contributed by atoms with E-state index in [0.29, 0.717) is 22.4 Å². The molecule has 30 heavy (non-hydrogen) atoms. The molecule has 1 aliphatic heterocycles. The summed E-state index contributed by atoms with van der Waals surface area (Å²) in [7, 11) is 0. The predicted octanol–water partition coefficient (Wildman–Crippen LogP) is 3.32. The molecule has 2 heterocycles. The number of benzene rings is 2. The molecule has 1 aromatic heterocycles. The van der Waals surface area contributed by atoms with Crippen LogP contribution in [0.1, 0.15) is 25.3 Å². The van der Waals surface area contributed by atoms with E-state index in [1.54, 1.807) is 12.1 Å². The molecule has 2 N–H and O–H groups in total. The second-order valence-electron chi connectivity index (χ2n) is 7.38. The Morgan fingerprint density at radius 3 is 2.73 bits per heavy atom. The van der Waals surface area contributed by atoms with E-state index >= 15 is 0 Å². The maximum absolute atomic E-state index is 12.9. The molecule has 0 bridgehead atoms. The van der Waals surface area contributed by atoms with E-state index in [-0.39, 0.29) is 42.0 Å². The van der Waals surface area contributed by atoms with E-state index in [4.69, 9.17) is 21.7 Å². The largest absolute Gasteiger partial charge is 0.454 e. The number of carbonyl (C=O) groups excluding carboxylic acids is 1. The highest BCUT2D eigenvalue weighted by Gasteiger charge is 2.17. The van der Waals surface area contributed by atoms with Gasteiger partial charge in [-0.1, -0.05) is 30.3 Å². The van der Waals surface area contributed by atoms with Gasteiger partial charge >= 0.3 is 0 Å². The van der Waals surface area contributed by atoms with Crippen molar-refractivity contribution in [2.45, 2.75) is 38.8 Å². The van der Waals surface area contributed by atoms with Crippen LogP contribution < -0.4 is 20.3 Å². The van der Waals surface area contributed by atoms with Crippen molar-refractivity contribution >= 4 is 29.0 Å². The lowest BCUT2D eigenvalue weighted by molar-refractivity contribution is -0.121. The molecule has 8 heteroatoms. The van der Waals surface area contributed by atoms with Crippen LogP contribution in [0, 0.1) is 4.77 Å². The third kappa shape index (κ3) is 4.38. The lowest BCUT2D eigenvalue weighted by Gasteiger charge is -2.14. The number of nitrogens with zero attached hydrogens (tertiary/aromatic N) is 1. The third-order valence-electron chi connectivity index (χ3n) is 5.15. The third-order valence-corrected chi connectivity index (χ3v) is 5.48. The molecule has 2 aromatic carbocycles. The minimum Gasteiger partial charge on any atom is -0.454 e. The number of aryl methyl sites for hydroxylation is 1. The standard InChI is InChI=1S/C22H23N3O4S/c1-14(7-8-15-5-3-2-4-6-15)23-20(26)9-10-25-21(27)16-11-18-19(29-13-28-18)12-17(16)24-22(25)30/h2-6,11-12,14H,7-10,13H2,1H3,(H,23,26)(H,24,30). The quantitative estimate of drug-likeness (QED) is 0.567. The van der Waals surface area contributed by atoms with Crippen molar-refractivity contribution in [2.24, 2.45) is 0 Å². The first-order chi connectivity index (χ1) is 14.5. The number of nitrogens with one attached hydrogen (secondary N) is 2. The molecule has 4 rings (SSSR count). The Balaban J connectivity index is 1.39. The molecule has 0 spiro atoms. The van der Waals surface area contributed by atoms with E-state index < -0.39 is 0 Å². The second-order valence-corrected chi connectivity index (χ2v) is 7.77. The molecule has 3 aromatic rings. The van der Waals surface area contributed by atoms with Crippen LogP contribution in [0.3, 0.4) is 0 Å². The Morgan fingerprint density at radius 2 is 1.97 bits per heavy atom. The van der Waals surface area contributed by atoms with Gasteiger partial charge in [0.15, 0.2) is 16.3 Å². The van der Waals surface area contributed by atoms with Gasteiger partial charge in [-0.2, -0.15) is 0 Å². The Kier molecular flexibility index (Phi) is 5.85. The van der Waals surface area contributed by atoms with Gasteiger partial charge in [-0.15, -0.1) is 0 Å². The van der Waals surface area contributed by atoms with E-state index in [1.165, 1.54) is 10.1 Å². The maximum Gasteiger partial charge on any atom is 0.262 e. The Labute approximate surface area is 178 Å². The summed E-state index contributed by atoms with van der Waals surface area (Å²) in [6.45, 7) is 2.32. The first-order valence-corrected chi connectivity index (χ1v) is 10.3. The SMILES string of the molecule is CC(CCc1ccccc1)NC(=O)CCn1c(=S)[nH]c2cc3c(cc2c1=O)OCO3. The number of rotatable bonds is 7. The summed E-state index contributed by atoms with van der Waals surface area (Å²) >= 11 is 5.33. The highest BCUT2D eigenvalue weighted by molar-refractivity contribution is 7.71. The maximum atomic E-state index is 12.9. The molecule has 1 aliphatic rings. The lowest BCUT2D eigenvalue weighted by Crippen LogP contribution is -2.34. The van der Waals surface area contributed by atoms with E-state index in [9.17, 15) is 9.59 Å². The Bertz CT molecular complexity index is 1190. The molecule has 1 unspecified atom stereocenters. The fourth-order valence-corrected chi connectivity index (χ4v) is 3.79. The molecule has 0 radical (unpaired) electrons. The van der Waals surface area contributed by atoms with Crippen molar-refractivity contribution < 1.29 is 14.3 Å². The number of hydrogen-bond donors (Lipinski definition) is 2. The predicted molar refractivity (Wildman–Crippen MR) is 117 cm³/mol. The molecule has 7 nitrogen and oxygen atoms in total. The van der Waals surface area contributed by atoms with E-state index in [2.05, 4.69) is 22.4 Å². The van der Waals surface area contributed by atoms with Gasteiger partial charge in [0.1, 0.15) is 0 Å². The Hall–Kier alpha value is -3.13. The molecule has 0 aliphatic carbocycles. The summed E-state index contributed by atoms with van der Waals surface area (Å²) in [6.07, 6.45) is 1.91. The highest BCUT2D eigenvalue weighted by atomic mass is 32.1. The average Bonchev–Trinajstić information content (AvgIpc) is 3.19. The minimum absolute atomic E-state index is 0.0419. The molecule has 0 saturated heterocycles. The van der Waals surface area contributed by atoms with Crippen LogP contribution >= 0.6 is 12.2 Å². The molecular weight excluding hydrogens is 402 g/mol. The van der Waals surface area contributed by atoms with Gasteiger partial charge in [0.05, 0.1) is 10.9 Å². The summed E-state index contributed by atoms with van der Waals surface area (Å²) in [6, 6.07) is 13.6. The van der Waals surface area contributed by atoms with Gasteiger partial charge in [0, 0.05) is 25.1 Å². The van der Waals surface area contributed by atoms with E-state index in [1.807, 2.05) is 25.1 Å². The summed E-state index contributed by atoms with van der Waals surface area (Å²) in [5.74, 6) is 0.999. The zero-order valence-electron chi connectivity index (χ0n) is 16.6. The zero-order valence-corrected chi connectivity index (χ0v) is 17.5. The molecule has 0 saturated carbocycles. The number of fused-ring (bicyclic) bond motifs is 2. The smallest absolute Gasteiger partial charge is 0.262 e. The topological polar surface area (TPSA) is 85.4 Å². The molecular formula is C22H23N3O4S. The van der Waals surface area contributed by atoms with Crippen LogP contribution in [-0.2, 0) is 17.8 Å². The number of amides is 1. The van der Waals surface area contributed by atoms with Crippen molar-refractivity contribution in [3.8, 4) is 11.5 Å². The van der Waals surface area contributed by atoms with Gasteiger partial charge in [-0.05, 0) is 43.6 Å². The first kappa shape index (κ1) is 20.2. The second kappa shape index (κ2) is 8.71. The van der Waals surface area contributed by atoms with Crippen molar-refractivity contribution in [3.05, 3.63) is 63.2 Å². The number of hydrogen-bond acceptors (Lipinski definition) is 5. The zero-order chi connectivity index (χ0) is 21.1. The fraction of sp³-hybridized carbons (Fsp3) is 0.318. The number of aromatic amines is 1. The summed E-state index contributed by atoms with van der Waals surface area (Å²) in [4.78, 5) is 28.3. The number of carbonyl (C=O) groups is 1. The molecule has 1 atom stereocenters. The van der Waals surface area contributed by atoms with Crippen LogP contribution in [0.15, 0.2) is 47.3 Å². The van der Waals surface area contributed by atoms with Gasteiger partial charge < -0.3 is 19.8 Å². The van der Waals surface area contributed by atoms with Crippen LogP contribution in [0.2, 0.25) is 0 Å². The van der Waals surface area contributed by atoms with Crippen molar-refractivity contribution in [2.75, 3.05) is 6.79 Å². The number of H-pyrrole nitrogens is 1. The molecule has 1 amide bonds. The van der Waals surface area contributed by atoms with Crippen LogP contribution in [0.4, 0.5) is 0 Å². The van der Waals surface area contributed by atoms with Gasteiger partial charge in [-0.3, -0.25) is 14.2 Å². The van der Waals surface area contributed by atoms with Crippen molar-refractivity contribution in [3.63, 3.8) is 0 Å². The monoisotopic (exact) mass is 425 g/mol. The average molecular weight is 426 g/mol. The molecule has 0 fully saturated rings. The van der Waals surface area contributed by atoms with Crippen molar-refractivity contribution in [1.29, 1.82) is 0 Å². The molecule has 156 valence electrons. The Morgan fingerprint density at radius 1 is 1.23 bits per heavy atom. The summed E-state index contributed by atoms with van der Waals surface area (Å²) in [5.41, 5.74) is 1.58. The first-order valence-electron chi connectivity index (χ1n) is 9.91. The van der Waals surface area contributed by atoms with Crippen molar-refractivity contribution in [1.82, 2.24) is 14.9 Å². The fourth-order valence-electron chi connectivity index (χ4n) is 3.51. The number of aromatic nitrogens is 2. The summed E-state index contributed by atoms with van der Waals surface area (Å²) < 4.78 is 12.4.